The van der Waals surface area contributed by atoms with E-state index in [1.807, 2.05) is 0 Å². The van der Waals surface area contributed by atoms with E-state index in [0.29, 0.717) is 11.6 Å². The van der Waals surface area contributed by atoms with Crippen LogP contribution in [0.3, 0.4) is 0 Å². The van der Waals surface area contributed by atoms with Crippen LogP contribution in [0, 0.1) is 0 Å². The normalized spacial score (nSPS) is 29.6. The van der Waals surface area contributed by atoms with Crippen molar-refractivity contribution in [3.8, 4) is 0 Å². The standard InChI is InChI=1S/C14H25N3/c15-13-16-11-14(9-5-1-2-6-10-14)17(13)12-7-3-4-8-12/h12H,1-11H2,(H2,15,16). The van der Waals surface area contributed by atoms with Gasteiger partial charge in [0.15, 0.2) is 5.96 Å². The zero-order valence-electron chi connectivity index (χ0n) is 10.8. The summed E-state index contributed by atoms with van der Waals surface area (Å²) in [6.07, 6.45) is 13.6. The molecule has 3 aliphatic rings. The lowest BCUT2D eigenvalue weighted by Crippen LogP contribution is -2.55. The van der Waals surface area contributed by atoms with E-state index in [1.165, 1.54) is 64.2 Å². The molecule has 0 aromatic heterocycles. The molecule has 0 radical (unpaired) electrons. The zero-order valence-corrected chi connectivity index (χ0v) is 10.8. The summed E-state index contributed by atoms with van der Waals surface area (Å²) in [5.41, 5.74) is 6.51. The van der Waals surface area contributed by atoms with Gasteiger partial charge in [-0.1, -0.05) is 38.5 Å². The Morgan fingerprint density at radius 1 is 1.00 bits per heavy atom. The number of aliphatic imine (C=N–C) groups is 1. The van der Waals surface area contributed by atoms with Gasteiger partial charge in [0.1, 0.15) is 0 Å². The molecule has 2 saturated carbocycles. The van der Waals surface area contributed by atoms with Crippen LogP contribution in [0.5, 0.6) is 0 Å². The van der Waals surface area contributed by atoms with Crippen molar-refractivity contribution < 1.29 is 0 Å². The van der Waals surface area contributed by atoms with Gasteiger partial charge in [0, 0.05) is 6.04 Å². The van der Waals surface area contributed by atoms with Gasteiger partial charge in [-0.2, -0.15) is 0 Å². The minimum absolute atomic E-state index is 0.315. The van der Waals surface area contributed by atoms with E-state index < -0.39 is 0 Å². The van der Waals surface area contributed by atoms with Crippen LogP contribution in [0.2, 0.25) is 0 Å². The third kappa shape index (κ3) is 1.94. The van der Waals surface area contributed by atoms with Gasteiger partial charge in [0.05, 0.1) is 12.1 Å². The molecule has 3 rings (SSSR count). The summed E-state index contributed by atoms with van der Waals surface area (Å²) in [5, 5.41) is 0. The molecule has 17 heavy (non-hydrogen) atoms. The highest BCUT2D eigenvalue weighted by Crippen LogP contribution is 2.40. The fraction of sp³-hybridized carbons (Fsp3) is 0.929. The predicted molar refractivity (Wildman–Crippen MR) is 71.0 cm³/mol. The Morgan fingerprint density at radius 3 is 2.29 bits per heavy atom. The molecule has 0 bridgehead atoms. The highest BCUT2D eigenvalue weighted by molar-refractivity contribution is 5.81. The van der Waals surface area contributed by atoms with Gasteiger partial charge in [0.2, 0.25) is 0 Å². The van der Waals surface area contributed by atoms with Crippen LogP contribution >= 0.6 is 0 Å². The molecule has 0 aromatic rings. The minimum atomic E-state index is 0.315. The molecule has 96 valence electrons. The molecule has 0 unspecified atom stereocenters. The topological polar surface area (TPSA) is 41.6 Å². The Hall–Kier alpha value is -0.730. The third-order valence-corrected chi connectivity index (χ3v) is 5.02. The first-order chi connectivity index (χ1) is 8.32. The van der Waals surface area contributed by atoms with Crippen molar-refractivity contribution in [3.05, 3.63) is 0 Å². The second-order valence-corrected chi connectivity index (χ2v) is 6.12. The van der Waals surface area contributed by atoms with E-state index in [2.05, 4.69) is 9.89 Å². The molecular weight excluding hydrogens is 210 g/mol. The molecule has 2 fully saturated rings. The fourth-order valence-corrected chi connectivity index (χ4v) is 4.15. The molecule has 0 amide bonds. The lowest BCUT2D eigenvalue weighted by atomic mass is 9.87. The Morgan fingerprint density at radius 2 is 1.65 bits per heavy atom. The zero-order chi connectivity index (χ0) is 11.7. The first kappa shape index (κ1) is 11.4. The van der Waals surface area contributed by atoms with Crippen molar-refractivity contribution >= 4 is 5.96 Å². The number of rotatable bonds is 1. The monoisotopic (exact) mass is 235 g/mol. The van der Waals surface area contributed by atoms with Crippen LogP contribution in [-0.4, -0.2) is 29.0 Å². The van der Waals surface area contributed by atoms with Crippen LogP contribution in [0.15, 0.2) is 4.99 Å². The second-order valence-electron chi connectivity index (χ2n) is 6.12. The molecule has 1 spiro atoms. The lowest BCUT2D eigenvalue weighted by Gasteiger charge is -2.42. The van der Waals surface area contributed by atoms with Gasteiger partial charge in [-0.05, 0) is 25.7 Å². The number of guanidine groups is 1. The molecular formula is C14H25N3. The van der Waals surface area contributed by atoms with Crippen LogP contribution in [0.1, 0.15) is 64.2 Å². The summed E-state index contributed by atoms with van der Waals surface area (Å²) in [4.78, 5) is 7.15. The van der Waals surface area contributed by atoms with Crippen LogP contribution in [-0.2, 0) is 0 Å². The Labute approximate surface area is 104 Å². The average Bonchev–Trinajstić information content (AvgIpc) is 2.85. The Kier molecular flexibility index (Phi) is 3.01. The van der Waals surface area contributed by atoms with Crippen molar-refractivity contribution in [1.29, 1.82) is 0 Å². The Balaban J connectivity index is 1.82. The maximum atomic E-state index is 6.19. The van der Waals surface area contributed by atoms with E-state index >= 15 is 0 Å². The van der Waals surface area contributed by atoms with Gasteiger partial charge >= 0.3 is 0 Å². The average molecular weight is 235 g/mol. The summed E-state index contributed by atoms with van der Waals surface area (Å²) in [6, 6.07) is 0.694. The molecule has 2 aliphatic carbocycles. The van der Waals surface area contributed by atoms with Crippen molar-refractivity contribution in [2.75, 3.05) is 6.54 Å². The quantitative estimate of drug-likeness (QED) is 0.759. The van der Waals surface area contributed by atoms with Crippen molar-refractivity contribution in [1.82, 2.24) is 4.90 Å². The van der Waals surface area contributed by atoms with Gasteiger partial charge in [-0.15, -0.1) is 0 Å². The maximum Gasteiger partial charge on any atom is 0.192 e. The van der Waals surface area contributed by atoms with Crippen LogP contribution in [0.4, 0.5) is 0 Å². The van der Waals surface area contributed by atoms with E-state index in [0.717, 1.165) is 12.5 Å². The molecule has 1 aliphatic heterocycles. The van der Waals surface area contributed by atoms with E-state index in [4.69, 9.17) is 5.73 Å². The van der Waals surface area contributed by atoms with Crippen LogP contribution in [0.25, 0.3) is 0 Å². The molecule has 2 N–H and O–H groups in total. The van der Waals surface area contributed by atoms with E-state index in [-0.39, 0.29) is 0 Å². The molecule has 3 heteroatoms. The highest BCUT2D eigenvalue weighted by atomic mass is 15.4. The van der Waals surface area contributed by atoms with Gasteiger partial charge in [-0.3, -0.25) is 4.99 Å². The van der Waals surface area contributed by atoms with Crippen LogP contribution < -0.4 is 5.73 Å². The van der Waals surface area contributed by atoms with E-state index in [9.17, 15) is 0 Å². The molecule has 0 aromatic carbocycles. The van der Waals surface area contributed by atoms with Gasteiger partial charge in [-0.25, -0.2) is 0 Å². The SMILES string of the molecule is NC1=NCC2(CCCCCC2)N1C1CCCC1. The molecule has 0 atom stereocenters. The smallest absolute Gasteiger partial charge is 0.192 e. The van der Waals surface area contributed by atoms with Gasteiger partial charge in [0.25, 0.3) is 0 Å². The number of nitrogens with two attached hydrogens (primary N) is 1. The molecule has 3 nitrogen and oxygen atoms in total. The molecule has 1 heterocycles. The minimum Gasteiger partial charge on any atom is -0.370 e. The second kappa shape index (κ2) is 4.51. The number of hydrogen-bond acceptors (Lipinski definition) is 3. The third-order valence-electron chi connectivity index (χ3n) is 5.02. The van der Waals surface area contributed by atoms with Gasteiger partial charge < -0.3 is 10.6 Å². The molecule has 0 saturated heterocycles. The largest absolute Gasteiger partial charge is 0.370 e. The van der Waals surface area contributed by atoms with E-state index in [1.54, 1.807) is 0 Å². The Bertz CT molecular complexity index is 297. The number of nitrogens with zero attached hydrogens (tertiary/aromatic N) is 2. The summed E-state index contributed by atoms with van der Waals surface area (Å²) >= 11 is 0. The van der Waals surface area contributed by atoms with Crippen molar-refractivity contribution in [3.63, 3.8) is 0 Å². The highest BCUT2D eigenvalue weighted by Gasteiger charge is 2.45. The van der Waals surface area contributed by atoms with Crippen molar-refractivity contribution in [2.45, 2.75) is 75.8 Å². The predicted octanol–water partition coefficient (Wildman–Crippen LogP) is 2.65. The summed E-state index contributed by atoms with van der Waals surface area (Å²) in [7, 11) is 0. The summed E-state index contributed by atoms with van der Waals surface area (Å²) in [5.74, 6) is 0.846. The van der Waals surface area contributed by atoms with Crippen molar-refractivity contribution in [2.24, 2.45) is 10.7 Å². The fourth-order valence-electron chi connectivity index (χ4n) is 4.15. The maximum absolute atomic E-state index is 6.19. The lowest BCUT2D eigenvalue weighted by molar-refractivity contribution is 0.130. The summed E-state index contributed by atoms with van der Waals surface area (Å²) < 4.78 is 0. The first-order valence-corrected chi connectivity index (χ1v) is 7.41. The first-order valence-electron chi connectivity index (χ1n) is 7.41. The summed E-state index contributed by atoms with van der Waals surface area (Å²) in [6.45, 7) is 0.968. The number of hydrogen-bond donors (Lipinski definition) is 1.